The minimum Gasteiger partial charge on any atom is -0.357 e. The molecule has 0 unspecified atom stereocenters. The van der Waals surface area contributed by atoms with E-state index in [1.54, 1.807) is 0 Å². The first-order chi connectivity index (χ1) is 10.2. The lowest BCUT2D eigenvalue weighted by molar-refractivity contribution is 0.252. The van der Waals surface area contributed by atoms with E-state index in [2.05, 4.69) is 42.1 Å². The fraction of sp³-hybridized carbons (Fsp3) is 0.471. The number of rotatable bonds is 3. The zero-order valence-electron chi connectivity index (χ0n) is 12.7. The molecule has 2 heterocycles. The third-order valence-corrected chi connectivity index (χ3v) is 4.82. The summed E-state index contributed by atoms with van der Waals surface area (Å²) in [6.45, 7) is 2.32. The Balaban J connectivity index is 1.92. The van der Waals surface area contributed by atoms with Crippen LogP contribution in [-0.4, -0.2) is 43.1 Å². The Hall–Kier alpha value is -1.32. The smallest absolute Gasteiger partial charge is 0.129 e. The number of para-hydroxylation sites is 1. The summed E-state index contributed by atoms with van der Waals surface area (Å²) in [4.78, 5) is 9.55. The zero-order valence-corrected chi connectivity index (χ0v) is 13.5. The van der Waals surface area contributed by atoms with E-state index in [1.807, 2.05) is 12.1 Å². The van der Waals surface area contributed by atoms with Crippen LogP contribution in [0.1, 0.15) is 18.4 Å². The molecular weight excluding hydrogens is 282 g/mol. The molecule has 21 heavy (non-hydrogen) atoms. The number of anilines is 1. The predicted molar refractivity (Wildman–Crippen MR) is 90.2 cm³/mol. The summed E-state index contributed by atoms with van der Waals surface area (Å²) < 4.78 is 0. The number of nitrogens with zero attached hydrogens (tertiary/aromatic N) is 3. The molecule has 0 radical (unpaired) electrons. The van der Waals surface area contributed by atoms with Crippen LogP contribution in [0, 0.1) is 0 Å². The minimum atomic E-state index is 0.525. The summed E-state index contributed by atoms with van der Waals surface area (Å²) in [7, 11) is 4.35. The maximum Gasteiger partial charge on any atom is 0.129 e. The van der Waals surface area contributed by atoms with Crippen molar-refractivity contribution in [1.82, 2.24) is 9.88 Å². The van der Waals surface area contributed by atoms with Crippen LogP contribution in [0.15, 0.2) is 30.3 Å². The molecule has 0 spiro atoms. The van der Waals surface area contributed by atoms with Crippen molar-refractivity contribution in [3.05, 3.63) is 35.9 Å². The van der Waals surface area contributed by atoms with Crippen LogP contribution in [0.4, 0.5) is 5.82 Å². The number of halogens is 1. The van der Waals surface area contributed by atoms with Gasteiger partial charge in [0.05, 0.1) is 5.52 Å². The Kier molecular flexibility index (Phi) is 4.32. The number of pyridine rings is 1. The third kappa shape index (κ3) is 2.99. The van der Waals surface area contributed by atoms with Gasteiger partial charge in [-0.05, 0) is 50.7 Å². The number of piperidine rings is 1. The molecule has 1 aliphatic heterocycles. The molecule has 3 rings (SSSR count). The summed E-state index contributed by atoms with van der Waals surface area (Å²) >= 11 is 6.13. The van der Waals surface area contributed by atoms with Crippen LogP contribution in [0.3, 0.4) is 0 Å². The van der Waals surface area contributed by atoms with Gasteiger partial charge in [-0.3, -0.25) is 0 Å². The van der Waals surface area contributed by atoms with E-state index in [1.165, 1.54) is 12.8 Å². The number of fused-ring (bicyclic) bond motifs is 1. The standard InChI is InChI=1S/C17H22ClN3/c1-20-9-7-14(8-10-20)21(2)17-11-13(12-18)15-5-3-4-6-16(15)19-17/h3-6,11,14H,7-10,12H2,1-2H3. The van der Waals surface area contributed by atoms with Crippen molar-refractivity contribution in [2.75, 3.05) is 32.1 Å². The Labute approximate surface area is 131 Å². The van der Waals surface area contributed by atoms with E-state index in [0.29, 0.717) is 11.9 Å². The van der Waals surface area contributed by atoms with E-state index < -0.39 is 0 Å². The number of aromatic nitrogens is 1. The van der Waals surface area contributed by atoms with Crippen molar-refractivity contribution < 1.29 is 0 Å². The number of hydrogen-bond acceptors (Lipinski definition) is 3. The predicted octanol–water partition coefficient (Wildman–Crippen LogP) is 3.50. The van der Waals surface area contributed by atoms with Gasteiger partial charge in [-0.1, -0.05) is 18.2 Å². The first-order valence-corrected chi connectivity index (χ1v) is 8.08. The lowest BCUT2D eigenvalue weighted by Crippen LogP contribution is -2.42. The Morgan fingerprint density at radius 2 is 2.00 bits per heavy atom. The van der Waals surface area contributed by atoms with Gasteiger partial charge in [-0.25, -0.2) is 4.98 Å². The van der Waals surface area contributed by atoms with Crippen LogP contribution >= 0.6 is 11.6 Å². The van der Waals surface area contributed by atoms with E-state index in [0.717, 1.165) is 35.4 Å². The molecule has 3 nitrogen and oxygen atoms in total. The molecule has 1 aromatic heterocycles. The third-order valence-electron chi connectivity index (χ3n) is 4.53. The van der Waals surface area contributed by atoms with Gasteiger partial charge in [-0.2, -0.15) is 0 Å². The van der Waals surface area contributed by atoms with Gasteiger partial charge < -0.3 is 9.80 Å². The maximum atomic E-state index is 6.13. The molecule has 1 saturated heterocycles. The van der Waals surface area contributed by atoms with Crippen LogP contribution < -0.4 is 4.90 Å². The van der Waals surface area contributed by atoms with E-state index in [-0.39, 0.29) is 0 Å². The van der Waals surface area contributed by atoms with Crippen LogP contribution in [-0.2, 0) is 5.88 Å². The van der Waals surface area contributed by atoms with Crippen LogP contribution in [0.25, 0.3) is 10.9 Å². The highest BCUT2D eigenvalue weighted by atomic mass is 35.5. The summed E-state index contributed by atoms with van der Waals surface area (Å²) in [6.07, 6.45) is 2.38. The molecule has 0 bridgehead atoms. The van der Waals surface area contributed by atoms with Crippen molar-refractivity contribution in [1.29, 1.82) is 0 Å². The molecule has 112 valence electrons. The maximum absolute atomic E-state index is 6.13. The Morgan fingerprint density at radius 3 is 2.71 bits per heavy atom. The SMILES string of the molecule is CN1CCC(N(C)c2cc(CCl)c3ccccc3n2)CC1. The topological polar surface area (TPSA) is 19.4 Å². The largest absolute Gasteiger partial charge is 0.357 e. The molecule has 1 fully saturated rings. The minimum absolute atomic E-state index is 0.525. The molecule has 0 aliphatic carbocycles. The van der Waals surface area contributed by atoms with Crippen LogP contribution in [0.5, 0.6) is 0 Å². The van der Waals surface area contributed by atoms with Gasteiger partial charge in [0, 0.05) is 24.4 Å². The molecule has 0 N–H and O–H groups in total. The Bertz CT molecular complexity index is 620. The molecule has 1 aliphatic rings. The summed E-state index contributed by atoms with van der Waals surface area (Å²) in [5.74, 6) is 1.57. The Morgan fingerprint density at radius 1 is 1.29 bits per heavy atom. The van der Waals surface area contributed by atoms with Gasteiger partial charge in [0.1, 0.15) is 5.82 Å². The highest BCUT2D eigenvalue weighted by Crippen LogP contribution is 2.26. The molecule has 4 heteroatoms. The summed E-state index contributed by atoms with van der Waals surface area (Å²) in [5, 5.41) is 1.16. The summed E-state index contributed by atoms with van der Waals surface area (Å²) in [5.41, 5.74) is 2.20. The number of hydrogen-bond donors (Lipinski definition) is 0. The second kappa shape index (κ2) is 6.20. The molecular formula is C17H22ClN3. The van der Waals surface area contributed by atoms with Gasteiger partial charge in [0.15, 0.2) is 0 Å². The summed E-state index contributed by atoms with van der Waals surface area (Å²) in [6, 6.07) is 11.0. The van der Waals surface area contributed by atoms with Crippen molar-refractivity contribution in [2.45, 2.75) is 24.8 Å². The monoisotopic (exact) mass is 303 g/mol. The van der Waals surface area contributed by atoms with Crippen LogP contribution in [0.2, 0.25) is 0 Å². The lowest BCUT2D eigenvalue weighted by Gasteiger charge is -2.36. The molecule has 0 atom stereocenters. The van der Waals surface area contributed by atoms with E-state index in [4.69, 9.17) is 16.6 Å². The van der Waals surface area contributed by atoms with Crippen molar-refractivity contribution in [3.8, 4) is 0 Å². The average molecular weight is 304 g/mol. The zero-order chi connectivity index (χ0) is 14.8. The van der Waals surface area contributed by atoms with Gasteiger partial charge >= 0.3 is 0 Å². The van der Waals surface area contributed by atoms with E-state index in [9.17, 15) is 0 Å². The molecule has 1 aromatic carbocycles. The molecule has 2 aromatic rings. The molecule has 0 amide bonds. The second-order valence-corrected chi connectivity index (χ2v) is 6.20. The number of likely N-dealkylation sites (tertiary alicyclic amines) is 1. The fourth-order valence-corrected chi connectivity index (χ4v) is 3.31. The average Bonchev–Trinajstić information content (AvgIpc) is 2.53. The van der Waals surface area contributed by atoms with Gasteiger partial charge in [0.2, 0.25) is 0 Å². The lowest BCUT2D eigenvalue weighted by atomic mass is 10.0. The fourth-order valence-electron chi connectivity index (χ4n) is 3.09. The number of benzene rings is 1. The molecule has 0 saturated carbocycles. The van der Waals surface area contributed by atoms with E-state index >= 15 is 0 Å². The van der Waals surface area contributed by atoms with Crippen molar-refractivity contribution >= 4 is 28.3 Å². The van der Waals surface area contributed by atoms with Gasteiger partial charge in [0.25, 0.3) is 0 Å². The quantitative estimate of drug-likeness (QED) is 0.809. The first-order valence-electron chi connectivity index (χ1n) is 7.55. The van der Waals surface area contributed by atoms with Crippen molar-refractivity contribution in [2.24, 2.45) is 0 Å². The normalized spacial score (nSPS) is 17.3. The second-order valence-electron chi connectivity index (χ2n) is 5.94. The first kappa shape index (κ1) is 14.6. The highest BCUT2D eigenvalue weighted by molar-refractivity contribution is 6.18. The van der Waals surface area contributed by atoms with Gasteiger partial charge in [-0.15, -0.1) is 11.6 Å². The highest BCUT2D eigenvalue weighted by Gasteiger charge is 2.22. The van der Waals surface area contributed by atoms with Crippen molar-refractivity contribution in [3.63, 3.8) is 0 Å². The number of alkyl halides is 1.